The number of rotatable bonds is 6. The highest BCUT2D eigenvalue weighted by atomic mass is 16.5. The van der Waals surface area contributed by atoms with Crippen LogP contribution in [-0.4, -0.2) is 19.1 Å². The van der Waals surface area contributed by atoms with Crippen LogP contribution in [0.4, 0.5) is 5.69 Å². The Balaban J connectivity index is 2.64. The molecule has 0 heterocycles. The van der Waals surface area contributed by atoms with Gasteiger partial charge < -0.3 is 10.1 Å². The molecule has 0 saturated carbocycles. The third-order valence-corrected chi connectivity index (χ3v) is 2.68. The minimum Gasteiger partial charge on any atom is -0.381 e. The molecule has 0 aliphatic rings. The highest BCUT2D eigenvalue weighted by molar-refractivity contribution is 5.92. The number of ether oxygens (including phenoxy) is 1. The first-order valence-electron chi connectivity index (χ1n) is 6.15. The molecule has 3 nitrogen and oxygen atoms in total. The molecule has 0 saturated heterocycles. The summed E-state index contributed by atoms with van der Waals surface area (Å²) in [5, 5.41) is 2.97. The van der Waals surface area contributed by atoms with E-state index in [1.54, 1.807) is 0 Å². The monoisotopic (exact) mass is 235 g/mol. The van der Waals surface area contributed by atoms with Crippen molar-refractivity contribution in [3.63, 3.8) is 0 Å². The van der Waals surface area contributed by atoms with Crippen molar-refractivity contribution in [2.45, 2.75) is 33.6 Å². The van der Waals surface area contributed by atoms with Crippen molar-refractivity contribution in [2.24, 2.45) is 0 Å². The Kier molecular flexibility index (Phi) is 5.70. The number of hydrogen-bond donors (Lipinski definition) is 1. The second-order valence-electron chi connectivity index (χ2n) is 3.96. The Labute approximate surface area is 103 Å². The van der Waals surface area contributed by atoms with Crippen LogP contribution in [0.3, 0.4) is 0 Å². The van der Waals surface area contributed by atoms with E-state index in [1.165, 1.54) is 5.56 Å². The standard InChI is InChI=1S/C14H21NO2/c1-4-12-8-6-7-11(3)14(12)15-13(16)9-10-17-5-2/h6-8H,4-5,9-10H2,1-3H3,(H,15,16). The summed E-state index contributed by atoms with van der Waals surface area (Å²) >= 11 is 0. The zero-order valence-corrected chi connectivity index (χ0v) is 10.9. The number of para-hydroxylation sites is 1. The molecule has 0 aliphatic heterocycles. The van der Waals surface area contributed by atoms with E-state index < -0.39 is 0 Å². The van der Waals surface area contributed by atoms with Crippen molar-refractivity contribution in [1.82, 2.24) is 0 Å². The van der Waals surface area contributed by atoms with Crippen molar-refractivity contribution in [3.8, 4) is 0 Å². The van der Waals surface area contributed by atoms with Gasteiger partial charge in [0.25, 0.3) is 0 Å². The summed E-state index contributed by atoms with van der Waals surface area (Å²) in [5.74, 6) is 0.0162. The molecular formula is C14H21NO2. The third-order valence-electron chi connectivity index (χ3n) is 2.68. The first kappa shape index (κ1) is 13.7. The van der Waals surface area contributed by atoms with Crippen LogP contribution in [0.5, 0.6) is 0 Å². The second-order valence-corrected chi connectivity index (χ2v) is 3.96. The number of carbonyl (C=O) groups excluding carboxylic acids is 1. The Bertz CT molecular complexity index is 374. The highest BCUT2D eigenvalue weighted by Gasteiger charge is 2.08. The Morgan fingerprint density at radius 3 is 2.76 bits per heavy atom. The van der Waals surface area contributed by atoms with Crippen LogP contribution in [0.15, 0.2) is 18.2 Å². The summed E-state index contributed by atoms with van der Waals surface area (Å²) in [7, 11) is 0. The van der Waals surface area contributed by atoms with Gasteiger partial charge in [-0.1, -0.05) is 25.1 Å². The lowest BCUT2D eigenvalue weighted by Crippen LogP contribution is -2.16. The van der Waals surface area contributed by atoms with Crippen LogP contribution in [0.1, 0.15) is 31.4 Å². The molecule has 1 N–H and O–H groups in total. The van der Waals surface area contributed by atoms with Crippen LogP contribution in [0.2, 0.25) is 0 Å². The van der Waals surface area contributed by atoms with Crippen molar-refractivity contribution in [2.75, 3.05) is 18.5 Å². The molecule has 0 unspecified atom stereocenters. The number of hydrogen-bond acceptors (Lipinski definition) is 2. The van der Waals surface area contributed by atoms with E-state index in [0.717, 1.165) is 17.7 Å². The Hall–Kier alpha value is -1.35. The fraction of sp³-hybridized carbons (Fsp3) is 0.500. The van der Waals surface area contributed by atoms with Gasteiger partial charge in [0.15, 0.2) is 0 Å². The molecule has 1 amide bonds. The van der Waals surface area contributed by atoms with Crippen LogP contribution < -0.4 is 5.32 Å². The average molecular weight is 235 g/mol. The Morgan fingerprint density at radius 2 is 2.12 bits per heavy atom. The molecule has 3 heteroatoms. The molecule has 0 spiro atoms. The maximum absolute atomic E-state index is 11.7. The third kappa shape index (κ3) is 4.19. The summed E-state index contributed by atoms with van der Waals surface area (Å²) in [5.41, 5.74) is 3.24. The molecule has 0 fully saturated rings. The smallest absolute Gasteiger partial charge is 0.226 e. The first-order chi connectivity index (χ1) is 8.19. The normalized spacial score (nSPS) is 10.3. The lowest BCUT2D eigenvalue weighted by atomic mass is 10.1. The lowest BCUT2D eigenvalue weighted by molar-refractivity contribution is -0.117. The van der Waals surface area contributed by atoms with Crippen LogP contribution >= 0.6 is 0 Å². The Morgan fingerprint density at radius 1 is 1.35 bits per heavy atom. The van der Waals surface area contributed by atoms with Crippen LogP contribution in [0, 0.1) is 6.92 Å². The van der Waals surface area contributed by atoms with Gasteiger partial charge in [-0.15, -0.1) is 0 Å². The number of amides is 1. The molecule has 0 aliphatic carbocycles. The van der Waals surface area contributed by atoms with E-state index >= 15 is 0 Å². The van der Waals surface area contributed by atoms with Gasteiger partial charge in [0.05, 0.1) is 13.0 Å². The van der Waals surface area contributed by atoms with Gasteiger partial charge in [-0.2, -0.15) is 0 Å². The number of benzene rings is 1. The number of carbonyl (C=O) groups is 1. The number of anilines is 1. The van der Waals surface area contributed by atoms with E-state index in [4.69, 9.17) is 4.74 Å². The molecule has 0 aromatic heterocycles. The van der Waals surface area contributed by atoms with Gasteiger partial charge in [0.2, 0.25) is 5.91 Å². The molecule has 0 radical (unpaired) electrons. The minimum atomic E-state index is 0.0162. The number of aryl methyl sites for hydroxylation is 2. The van der Waals surface area contributed by atoms with Crippen LogP contribution in [-0.2, 0) is 16.0 Å². The fourth-order valence-electron chi connectivity index (χ4n) is 1.71. The maximum Gasteiger partial charge on any atom is 0.226 e. The molecule has 94 valence electrons. The van der Waals surface area contributed by atoms with E-state index in [9.17, 15) is 4.79 Å². The summed E-state index contributed by atoms with van der Waals surface area (Å²) in [4.78, 5) is 11.7. The van der Waals surface area contributed by atoms with Gasteiger partial charge in [-0.3, -0.25) is 4.79 Å². The summed E-state index contributed by atoms with van der Waals surface area (Å²) < 4.78 is 5.17. The first-order valence-corrected chi connectivity index (χ1v) is 6.15. The van der Waals surface area contributed by atoms with Gasteiger partial charge in [-0.25, -0.2) is 0 Å². The van der Waals surface area contributed by atoms with Crippen molar-refractivity contribution in [1.29, 1.82) is 0 Å². The SMILES string of the molecule is CCOCCC(=O)Nc1c(C)cccc1CC. The second kappa shape index (κ2) is 7.07. The lowest BCUT2D eigenvalue weighted by Gasteiger charge is -2.12. The van der Waals surface area contributed by atoms with E-state index in [-0.39, 0.29) is 5.91 Å². The number of nitrogens with one attached hydrogen (secondary N) is 1. The zero-order valence-electron chi connectivity index (χ0n) is 10.9. The summed E-state index contributed by atoms with van der Waals surface area (Å²) in [6.07, 6.45) is 1.33. The quantitative estimate of drug-likeness (QED) is 0.770. The molecular weight excluding hydrogens is 214 g/mol. The van der Waals surface area contributed by atoms with E-state index in [2.05, 4.69) is 12.2 Å². The summed E-state index contributed by atoms with van der Waals surface area (Å²) in [6, 6.07) is 6.08. The predicted molar refractivity (Wildman–Crippen MR) is 70.3 cm³/mol. The van der Waals surface area contributed by atoms with Gasteiger partial charge in [-0.05, 0) is 31.4 Å². The predicted octanol–water partition coefficient (Wildman–Crippen LogP) is 2.92. The summed E-state index contributed by atoms with van der Waals surface area (Å²) in [6.45, 7) is 7.16. The van der Waals surface area contributed by atoms with E-state index in [0.29, 0.717) is 19.6 Å². The van der Waals surface area contributed by atoms with Crippen molar-refractivity contribution >= 4 is 11.6 Å². The molecule has 1 aromatic rings. The van der Waals surface area contributed by atoms with Gasteiger partial charge >= 0.3 is 0 Å². The van der Waals surface area contributed by atoms with Gasteiger partial charge in [0, 0.05) is 12.3 Å². The largest absolute Gasteiger partial charge is 0.381 e. The van der Waals surface area contributed by atoms with Crippen LogP contribution in [0.25, 0.3) is 0 Å². The van der Waals surface area contributed by atoms with E-state index in [1.807, 2.05) is 32.0 Å². The topological polar surface area (TPSA) is 38.3 Å². The minimum absolute atomic E-state index is 0.0162. The molecule has 17 heavy (non-hydrogen) atoms. The molecule has 1 rings (SSSR count). The highest BCUT2D eigenvalue weighted by Crippen LogP contribution is 2.21. The molecule has 0 atom stereocenters. The van der Waals surface area contributed by atoms with Gasteiger partial charge in [0.1, 0.15) is 0 Å². The molecule has 0 bridgehead atoms. The maximum atomic E-state index is 11.7. The fourth-order valence-corrected chi connectivity index (χ4v) is 1.71. The van der Waals surface area contributed by atoms with Crippen molar-refractivity contribution < 1.29 is 9.53 Å². The zero-order chi connectivity index (χ0) is 12.7. The molecule has 1 aromatic carbocycles. The van der Waals surface area contributed by atoms with Crippen molar-refractivity contribution in [3.05, 3.63) is 29.3 Å². The average Bonchev–Trinajstić information content (AvgIpc) is 2.32.